The minimum atomic E-state index is -0.484. The standard InChI is InChI=1S/C14H20O4/c1-4-16-9-10-17-18-14(15)13-7-5-12(6-8-13)11(2)3/h5-8,11H,4,9-10H2,1-3H3. The molecular weight excluding hydrogens is 232 g/mol. The largest absolute Gasteiger partial charge is 0.379 e. The third-order valence-corrected chi connectivity index (χ3v) is 2.46. The topological polar surface area (TPSA) is 44.8 Å². The highest BCUT2D eigenvalue weighted by Gasteiger charge is 2.08. The van der Waals surface area contributed by atoms with Crippen LogP contribution in [0.3, 0.4) is 0 Å². The molecule has 0 bridgehead atoms. The molecule has 18 heavy (non-hydrogen) atoms. The lowest BCUT2D eigenvalue weighted by Gasteiger charge is -2.06. The van der Waals surface area contributed by atoms with Gasteiger partial charge in [0.2, 0.25) is 0 Å². The van der Waals surface area contributed by atoms with Crippen molar-refractivity contribution in [3.63, 3.8) is 0 Å². The van der Waals surface area contributed by atoms with Crippen LogP contribution < -0.4 is 0 Å². The van der Waals surface area contributed by atoms with Gasteiger partial charge in [-0.2, -0.15) is 4.89 Å². The Morgan fingerprint density at radius 3 is 2.39 bits per heavy atom. The summed E-state index contributed by atoms with van der Waals surface area (Å²) < 4.78 is 5.05. The van der Waals surface area contributed by atoms with E-state index in [1.165, 1.54) is 5.56 Å². The Kier molecular flexibility index (Phi) is 6.39. The number of benzene rings is 1. The highest BCUT2D eigenvalue weighted by molar-refractivity contribution is 5.88. The van der Waals surface area contributed by atoms with Crippen molar-refractivity contribution >= 4 is 5.97 Å². The Hall–Kier alpha value is -1.39. The van der Waals surface area contributed by atoms with Crippen molar-refractivity contribution in [3.8, 4) is 0 Å². The van der Waals surface area contributed by atoms with Crippen LogP contribution in [-0.4, -0.2) is 25.8 Å². The summed E-state index contributed by atoms with van der Waals surface area (Å²) in [5.74, 6) is -0.0423. The van der Waals surface area contributed by atoms with Crippen molar-refractivity contribution in [2.45, 2.75) is 26.7 Å². The minimum Gasteiger partial charge on any atom is -0.379 e. The number of carbonyl (C=O) groups is 1. The van der Waals surface area contributed by atoms with E-state index in [9.17, 15) is 4.79 Å². The number of ether oxygens (including phenoxy) is 1. The smallest absolute Gasteiger partial charge is 0.373 e. The average Bonchev–Trinajstić information content (AvgIpc) is 2.38. The summed E-state index contributed by atoms with van der Waals surface area (Å²) in [4.78, 5) is 21.0. The first kappa shape index (κ1) is 14.7. The predicted molar refractivity (Wildman–Crippen MR) is 68.4 cm³/mol. The normalized spacial score (nSPS) is 10.7. The SMILES string of the molecule is CCOCCOOC(=O)c1ccc(C(C)C)cc1. The Labute approximate surface area is 108 Å². The predicted octanol–water partition coefficient (Wildman–Crippen LogP) is 2.93. The molecule has 100 valence electrons. The van der Waals surface area contributed by atoms with Gasteiger partial charge in [0.25, 0.3) is 0 Å². The maximum Gasteiger partial charge on any atom is 0.373 e. The zero-order valence-corrected chi connectivity index (χ0v) is 11.1. The second-order valence-electron chi connectivity index (χ2n) is 4.17. The lowest BCUT2D eigenvalue weighted by molar-refractivity contribution is -0.247. The van der Waals surface area contributed by atoms with E-state index in [1.54, 1.807) is 12.1 Å². The fourth-order valence-electron chi connectivity index (χ4n) is 1.38. The molecule has 0 N–H and O–H groups in total. The molecule has 0 aliphatic heterocycles. The second kappa shape index (κ2) is 7.84. The Bertz CT molecular complexity index is 357. The van der Waals surface area contributed by atoms with Crippen LogP contribution in [0.4, 0.5) is 0 Å². The fourth-order valence-corrected chi connectivity index (χ4v) is 1.38. The zero-order valence-electron chi connectivity index (χ0n) is 11.1. The van der Waals surface area contributed by atoms with Crippen LogP contribution in [0, 0.1) is 0 Å². The molecule has 0 amide bonds. The maximum atomic E-state index is 11.6. The molecule has 0 unspecified atom stereocenters. The van der Waals surface area contributed by atoms with Gasteiger partial charge in [-0.05, 0) is 30.5 Å². The first-order valence-electron chi connectivity index (χ1n) is 6.16. The van der Waals surface area contributed by atoms with Crippen molar-refractivity contribution in [1.29, 1.82) is 0 Å². The van der Waals surface area contributed by atoms with Crippen LogP contribution in [0.25, 0.3) is 0 Å². The van der Waals surface area contributed by atoms with Crippen LogP contribution in [0.1, 0.15) is 42.6 Å². The first-order valence-corrected chi connectivity index (χ1v) is 6.16. The maximum absolute atomic E-state index is 11.6. The molecule has 0 atom stereocenters. The number of hydrogen-bond donors (Lipinski definition) is 0. The van der Waals surface area contributed by atoms with Gasteiger partial charge in [0.05, 0.1) is 12.2 Å². The zero-order chi connectivity index (χ0) is 13.4. The Morgan fingerprint density at radius 1 is 1.17 bits per heavy atom. The van der Waals surface area contributed by atoms with E-state index >= 15 is 0 Å². The molecule has 4 nitrogen and oxygen atoms in total. The van der Waals surface area contributed by atoms with Gasteiger partial charge < -0.3 is 4.74 Å². The molecule has 0 saturated heterocycles. The van der Waals surface area contributed by atoms with Gasteiger partial charge in [-0.15, -0.1) is 0 Å². The van der Waals surface area contributed by atoms with Crippen molar-refractivity contribution in [3.05, 3.63) is 35.4 Å². The molecule has 0 heterocycles. The van der Waals surface area contributed by atoms with E-state index < -0.39 is 5.97 Å². The van der Waals surface area contributed by atoms with Crippen LogP contribution in [0.2, 0.25) is 0 Å². The van der Waals surface area contributed by atoms with Crippen LogP contribution >= 0.6 is 0 Å². The third kappa shape index (κ3) is 4.85. The monoisotopic (exact) mass is 252 g/mol. The van der Waals surface area contributed by atoms with Crippen LogP contribution in [-0.2, 0) is 14.5 Å². The first-order chi connectivity index (χ1) is 8.65. The lowest BCUT2D eigenvalue weighted by atomic mass is 10.0. The summed E-state index contributed by atoms with van der Waals surface area (Å²) >= 11 is 0. The molecule has 1 rings (SSSR count). The third-order valence-electron chi connectivity index (χ3n) is 2.46. The summed E-state index contributed by atoms with van der Waals surface area (Å²) in [5.41, 5.74) is 1.67. The fraction of sp³-hybridized carbons (Fsp3) is 0.500. The van der Waals surface area contributed by atoms with E-state index in [0.29, 0.717) is 24.7 Å². The van der Waals surface area contributed by atoms with Gasteiger partial charge in [0.1, 0.15) is 6.61 Å². The molecule has 0 aliphatic carbocycles. The molecule has 0 saturated carbocycles. The molecule has 1 aromatic carbocycles. The Balaban J connectivity index is 2.37. The highest BCUT2D eigenvalue weighted by atomic mass is 17.2. The molecule has 1 aromatic rings. The molecule has 0 radical (unpaired) electrons. The van der Waals surface area contributed by atoms with Crippen molar-refractivity contribution in [2.24, 2.45) is 0 Å². The van der Waals surface area contributed by atoms with E-state index in [2.05, 4.69) is 18.7 Å². The van der Waals surface area contributed by atoms with E-state index in [0.717, 1.165) is 0 Å². The molecular formula is C14H20O4. The van der Waals surface area contributed by atoms with Crippen LogP contribution in [0.5, 0.6) is 0 Å². The van der Waals surface area contributed by atoms with Gasteiger partial charge in [-0.1, -0.05) is 26.0 Å². The van der Waals surface area contributed by atoms with Gasteiger partial charge in [-0.25, -0.2) is 4.79 Å². The molecule has 0 spiro atoms. The molecule has 0 aliphatic rings. The van der Waals surface area contributed by atoms with Gasteiger partial charge in [0.15, 0.2) is 0 Å². The van der Waals surface area contributed by atoms with Crippen molar-refractivity contribution in [2.75, 3.05) is 19.8 Å². The number of hydrogen-bond acceptors (Lipinski definition) is 4. The van der Waals surface area contributed by atoms with Gasteiger partial charge in [0, 0.05) is 6.61 Å². The van der Waals surface area contributed by atoms with Crippen LogP contribution in [0.15, 0.2) is 24.3 Å². The van der Waals surface area contributed by atoms with Gasteiger partial charge >= 0.3 is 5.97 Å². The summed E-state index contributed by atoms with van der Waals surface area (Å²) in [6, 6.07) is 7.32. The summed E-state index contributed by atoms with van der Waals surface area (Å²) in [5, 5.41) is 0. The summed E-state index contributed by atoms with van der Waals surface area (Å²) in [6.45, 7) is 7.37. The van der Waals surface area contributed by atoms with Crippen molar-refractivity contribution in [1.82, 2.24) is 0 Å². The summed E-state index contributed by atoms with van der Waals surface area (Å²) in [7, 11) is 0. The molecule has 4 heteroatoms. The highest BCUT2D eigenvalue weighted by Crippen LogP contribution is 2.15. The quantitative estimate of drug-likeness (QED) is 0.425. The molecule has 0 fully saturated rings. The van der Waals surface area contributed by atoms with E-state index in [1.807, 2.05) is 19.1 Å². The van der Waals surface area contributed by atoms with Crippen molar-refractivity contribution < 1.29 is 19.3 Å². The van der Waals surface area contributed by atoms with E-state index in [4.69, 9.17) is 9.62 Å². The second-order valence-corrected chi connectivity index (χ2v) is 4.17. The number of rotatable bonds is 7. The molecule has 0 aromatic heterocycles. The lowest BCUT2D eigenvalue weighted by Crippen LogP contribution is -2.10. The number of carbonyl (C=O) groups excluding carboxylic acids is 1. The van der Waals surface area contributed by atoms with E-state index in [-0.39, 0.29) is 6.61 Å². The summed E-state index contributed by atoms with van der Waals surface area (Å²) in [6.07, 6.45) is 0. The Morgan fingerprint density at radius 2 is 1.83 bits per heavy atom. The van der Waals surface area contributed by atoms with Gasteiger partial charge in [-0.3, -0.25) is 4.89 Å². The minimum absolute atomic E-state index is 0.240. The average molecular weight is 252 g/mol.